The summed E-state index contributed by atoms with van der Waals surface area (Å²) in [6.07, 6.45) is 2.35. The van der Waals surface area contributed by atoms with Crippen LogP contribution in [0.15, 0.2) is 72.9 Å². The number of nitrogens with one attached hydrogen (secondary N) is 2. The molecule has 3 amide bonds. The third kappa shape index (κ3) is 6.98. The Kier molecular flexibility index (Phi) is 9.18. The first-order chi connectivity index (χ1) is 22.4. The van der Waals surface area contributed by atoms with Crippen LogP contribution in [0.5, 0.6) is 23.0 Å². The standard InChI is InChI=1S/C35H36N4O7/c1-43-30-11-7-22-8-12-33(40)37-18-24-9-10-26(17-31(24)44-2)46-29-13-14-39(20-28(29)38-34(41)21-45-32(30)15-22)35(42)25-16-23-5-3-4-6-27(23)36-19-25/h3-7,9-11,15-17,19,28-29H,8,12-14,18,20-21H2,1-2H3,(H,37,40)(H,38,41)/t28-,29+/m1/s1. The molecule has 11 heteroatoms. The molecule has 1 aromatic heterocycles. The zero-order chi connectivity index (χ0) is 32.0. The summed E-state index contributed by atoms with van der Waals surface area (Å²) in [6.45, 7) is 0.656. The molecule has 4 heterocycles. The first-order valence-electron chi connectivity index (χ1n) is 15.2. The number of carbonyl (C=O) groups is 3. The Hall–Kier alpha value is -5.32. The van der Waals surface area contributed by atoms with Gasteiger partial charge in [-0.15, -0.1) is 0 Å². The van der Waals surface area contributed by atoms with E-state index in [0.717, 1.165) is 22.0 Å². The van der Waals surface area contributed by atoms with Gasteiger partial charge in [0.25, 0.3) is 11.8 Å². The third-order valence-electron chi connectivity index (χ3n) is 8.27. The molecule has 7 rings (SSSR count). The number of nitrogens with zero attached hydrogens (tertiary/aromatic N) is 2. The highest BCUT2D eigenvalue weighted by atomic mass is 16.5. The second-order valence-corrected chi connectivity index (χ2v) is 11.3. The fraction of sp³-hybridized carbons (Fsp3) is 0.314. The van der Waals surface area contributed by atoms with Crippen molar-refractivity contribution in [2.24, 2.45) is 0 Å². The van der Waals surface area contributed by atoms with Gasteiger partial charge in [-0.1, -0.05) is 24.3 Å². The van der Waals surface area contributed by atoms with Gasteiger partial charge in [0.2, 0.25) is 5.91 Å². The summed E-state index contributed by atoms with van der Waals surface area (Å²) in [5.74, 6) is 1.32. The van der Waals surface area contributed by atoms with Crippen molar-refractivity contribution in [3.8, 4) is 23.0 Å². The van der Waals surface area contributed by atoms with Gasteiger partial charge in [0.1, 0.15) is 17.6 Å². The second kappa shape index (κ2) is 13.8. The monoisotopic (exact) mass is 624 g/mol. The lowest BCUT2D eigenvalue weighted by Crippen LogP contribution is -2.58. The Morgan fingerprint density at radius 2 is 1.80 bits per heavy atom. The molecular weight excluding hydrogens is 588 g/mol. The molecule has 1 fully saturated rings. The van der Waals surface area contributed by atoms with Gasteiger partial charge in [-0.25, -0.2) is 0 Å². The molecule has 3 aliphatic rings. The first kappa shape index (κ1) is 30.7. The van der Waals surface area contributed by atoms with Crippen LogP contribution >= 0.6 is 0 Å². The maximum Gasteiger partial charge on any atom is 0.258 e. The number of rotatable bonds is 3. The van der Waals surface area contributed by atoms with Crippen molar-refractivity contribution in [2.75, 3.05) is 33.9 Å². The van der Waals surface area contributed by atoms with E-state index in [1.807, 2.05) is 48.5 Å². The minimum absolute atomic E-state index is 0.110. The van der Waals surface area contributed by atoms with Crippen LogP contribution in [0.1, 0.15) is 34.3 Å². The lowest BCUT2D eigenvalue weighted by atomic mass is 10.0. The van der Waals surface area contributed by atoms with E-state index in [1.165, 1.54) is 7.11 Å². The number of hydrogen-bond acceptors (Lipinski definition) is 8. The molecule has 0 aliphatic carbocycles. The van der Waals surface area contributed by atoms with Crippen molar-refractivity contribution in [3.63, 3.8) is 0 Å². The molecule has 0 radical (unpaired) electrons. The fourth-order valence-electron chi connectivity index (χ4n) is 5.81. The number of hydrogen-bond donors (Lipinski definition) is 2. The maximum atomic E-state index is 13.6. The molecule has 0 unspecified atom stereocenters. The number of ether oxygens (including phenoxy) is 4. The molecule has 0 saturated carbocycles. The van der Waals surface area contributed by atoms with Gasteiger partial charge in [-0.05, 0) is 48.4 Å². The molecule has 1 saturated heterocycles. The van der Waals surface area contributed by atoms with E-state index in [9.17, 15) is 14.4 Å². The lowest BCUT2D eigenvalue weighted by Gasteiger charge is -2.39. The number of aryl methyl sites for hydroxylation is 1. The molecule has 4 bridgehead atoms. The summed E-state index contributed by atoms with van der Waals surface area (Å²) < 4.78 is 23.4. The van der Waals surface area contributed by atoms with E-state index >= 15 is 0 Å². The molecule has 2 atom stereocenters. The maximum absolute atomic E-state index is 13.6. The minimum Gasteiger partial charge on any atom is -0.496 e. The lowest BCUT2D eigenvalue weighted by molar-refractivity contribution is -0.125. The number of amides is 3. The van der Waals surface area contributed by atoms with Gasteiger partial charge < -0.3 is 34.5 Å². The van der Waals surface area contributed by atoms with Crippen LogP contribution in [0, 0.1) is 0 Å². The summed E-state index contributed by atoms with van der Waals surface area (Å²) in [5.41, 5.74) is 2.95. The SMILES string of the molecule is COc1cc2ccc1CNC(=O)CCc1ccc(OC)c(c1)OCC(=O)N[C@@H]1CN(C(=O)c3cnc4ccccc4c3)CC[C@@H]1O2. The van der Waals surface area contributed by atoms with Gasteiger partial charge in [0.05, 0.1) is 31.3 Å². The highest BCUT2D eigenvalue weighted by Gasteiger charge is 2.35. The van der Waals surface area contributed by atoms with Gasteiger partial charge in [0.15, 0.2) is 18.1 Å². The van der Waals surface area contributed by atoms with E-state index in [0.29, 0.717) is 54.5 Å². The quantitative estimate of drug-likeness (QED) is 0.354. The summed E-state index contributed by atoms with van der Waals surface area (Å²) >= 11 is 0. The van der Waals surface area contributed by atoms with Gasteiger partial charge in [-0.2, -0.15) is 0 Å². The van der Waals surface area contributed by atoms with E-state index < -0.39 is 12.1 Å². The van der Waals surface area contributed by atoms with E-state index in [1.54, 1.807) is 36.4 Å². The van der Waals surface area contributed by atoms with Crippen molar-refractivity contribution in [1.82, 2.24) is 20.5 Å². The number of para-hydroxylation sites is 1. The number of fused-ring (bicyclic) bond motifs is 10. The van der Waals surface area contributed by atoms with Crippen LogP contribution in [0.4, 0.5) is 0 Å². The third-order valence-corrected chi connectivity index (χ3v) is 8.27. The Balaban J connectivity index is 1.27. The normalized spacial score (nSPS) is 18.9. The Morgan fingerprint density at radius 3 is 2.65 bits per heavy atom. The zero-order valence-corrected chi connectivity index (χ0v) is 25.8. The molecule has 0 spiro atoms. The van der Waals surface area contributed by atoms with Gasteiger partial charge in [-0.3, -0.25) is 19.4 Å². The number of aromatic nitrogens is 1. The largest absolute Gasteiger partial charge is 0.496 e. The average molecular weight is 625 g/mol. The predicted molar refractivity (Wildman–Crippen MR) is 170 cm³/mol. The molecule has 3 aromatic carbocycles. The predicted octanol–water partition coefficient (Wildman–Crippen LogP) is 3.67. The summed E-state index contributed by atoms with van der Waals surface area (Å²) in [6, 6.07) is 19.8. The van der Waals surface area contributed by atoms with Crippen LogP contribution in [0.25, 0.3) is 10.9 Å². The highest BCUT2D eigenvalue weighted by molar-refractivity contribution is 5.97. The van der Waals surface area contributed by atoms with Gasteiger partial charge in [0, 0.05) is 55.7 Å². The van der Waals surface area contributed by atoms with Crippen molar-refractivity contribution >= 4 is 28.6 Å². The van der Waals surface area contributed by atoms with Crippen LogP contribution in [-0.2, 0) is 22.6 Å². The van der Waals surface area contributed by atoms with Crippen LogP contribution in [0.3, 0.4) is 0 Å². The van der Waals surface area contributed by atoms with E-state index in [2.05, 4.69) is 15.6 Å². The summed E-state index contributed by atoms with van der Waals surface area (Å²) in [7, 11) is 3.09. The molecule has 46 heavy (non-hydrogen) atoms. The number of carbonyl (C=O) groups excluding carboxylic acids is 3. The second-order valence-electron chi connectivity index (χ2n) is 11.3. The zero-order valence-electron chi connectivity index (χ0n) is 25.8. The summed E-state index contributed by atoms with van der Waals surface area (Å²) in [4.78, 5) is 45.8. The van der Waals surface area contributed by atoms with Crippen LogP contribution in [0.2, 0.25) is 0 Å². The molecule has 238 valence electrons. The van der Waals surface area contributed by atoms with Crippen molar-refractivity contribution in [3.05, 3.63) is 89.6 Å². The summed E-state index contributed by atoms with van der Waals surface area (Å²) in [5, 5.41) is 6.88. The van der Waals surface area contributed by atoms with E-state index in [4.69, 9.17) is 18.9 Å². The van der Waals surface area contributed by atoms with Crippen molar-refractivity contribution < 1.29 is 33.3 Å². The highest BCUT2D eigenvalue weighted by Crippen LogP contribution is 2.30. The molecule has 3 aliphatic heterocycles. The Labute approximate surface area is 266 Å². The van der Waals surface area contributed by atoms with Gasteiger partial charge >= 0.3 is 0 Å². The fourth-order valence-corrected chi connectivity index (χ4v) is 5.81. The van der Waals surface area contributed by atoms with Crippen molar-refractivity contribution in [2.45, 2.75) is 38.0 Å². The minimum atomic E-state index is -0.539. The number of likely N-dealkylation sites (tertiary alicyclic amines) is 1. The number of benzene rings is 3. The smallest absolute Gasteiger partial charge is 0.258 e. The number of pyridine rings is 1. The van der Waals surface area contributed by atoms with Crippen molar-refractivity contribution in [1.29, 1.82) is 0 Å². The molecule has 4 aromatic rings. The topological polar surface area (TPSA) is 128 Å². The molecule has 11 nitrogen and oxygen atoms in total. The molecule has 2 N–H and O–H groups in total. The first-order valence-corrected chi connectivity index (χ1v) is 15.2. The van der Waals surface area contributed by atoms with Crippen LogP contribution < -0.4 is 29.6 Å². The Bertz CT molecular complexity index is 1760. The Morgan fingerprint density at radius 1 is 0.957 bits per heavy atom. The molecular formula is C35H36N4O7. The van der Waals surface area contributed by atoms with E-state index in [-0.39, 0.29) is 37.3 Å². The number of methoxy groups -OCH3 is 2. The average Bonchev–Trinajstić information content (AvgIpc) is 3.09. The van der Waals surface area contributed by atoms with Crippen LogP contribution in [-0.4, -0.2) is 73.7 Å². The number of piperidine rings is 1.